The van der Waals surface area contributed by atoms with Gasteiger partial charge in [0, 0.05) is 0 Å². The van der Waals surface area contributed by atoms with Gasteiger partial charge in [-0.15, -0.1) is 0 Å². The number of hydrogen-bond acceptors (Lipinski definition) is 0. The van der Waals surface area contributed by atoms with Crippen molar-refractivity contribution in [2.24, 2.45) is 0 Å². The van der Waals surface area contributed by atoms with E-state index < -0.39 is 18.4 Å². The molecule has 0 nitrogen and oxygen atoms in total. The second-order valence-electron chi connectivity index (χ2n) is 3.87. The first-order chi connectivity index (χ1) is 5.41. The summed E-state index contributed by atoms with van der Waals surface area (Å²) in [6.45, 7) is 0. The first kappa shape index (κ1) is 10.7. The van der Waals surface area contributed by atoms with Crippen LogP contribution in [0.3, 0.4) is 0 Å². The van der Waals surface area contributed by atoms with Crippen molar-refractivity contribution in [3.63, 3.8) is 0 Å². The maximum absolute atomic E-state index is 6.07. The third-order valence-electron chi connectivity index (χ3n) is 1.74. The summed E-state index contributed by atoms with van der Waals surface area (Å²) in [5.41, 5.74) is 0. The molecule has 0 amide bonds. The van der Waals surface area contributed by atoms with Crippen molar-refractivity contribution < 1.29 is 0 Å². The van der Waals surface area contributed by atoms with Gasteiger partial charge in [-0.2, -0.15) is 0 Å². The Morgan fingerprint density at radius 3 is 2.08 bits per heavy atom. The normalized spacial score (nSPS) is 11.8. The fourth-order valence-corrected chi connectivity index (χ4v) is 7.49. The van der Waals surface area contributed by atoms with Crippen molar-refractivity contribution in [1.29, 1.82) is 0 Å². The molecule has 0 aliphatic heterocycles. The Hall–Kier alpha value is 0.599. The molecule has 0 atom stereocenters. The van der Waals surface area contributed by atoms with Crippen LogP contribution >= 0.6 is 23.2 Å². The minimum atomic E-state index is -2.03. The molecule has 66 valence electrons. The van der Waals surface area contributed by atoms with Gasteiger partial charge in [-0.25, -0.2) is 0 Å². The van der Waals surface area contributed by atoms with Gasteiger partial charge in [0.2, 0.25) is 0 Å². The summed E-state index contributed by atoms with van der Waals surface area (Å²) in [5, 5.41) is 1.67. The van der Waals surface area contributed by atoms with Gasteiger partial charge in [-0.3, -0.25) is 0 Å². The molecule has 0 spiro atoms. The van der Waals surface area contributed by atoms with E-state index in [1.165, 1.54) is 3.58 Å². The van der Waals surface area contributed by atoms with Crippen LogP contribution in [0.4, 0.5) is 0 Å². The van der Waals surface area contributed by atoms with E-state index >= 15 is 0 Å². The van der Waals surface area contributed by atoms with Gasteiger partial charge in [0.25, 0.3) is 0 Å². The topological polar surface area (TPSA) is 0 Å². The molecule has 0 aliphatic rings. The van der Waals surface area contributed by atoms with E-state index in [0.29, 0.717) is 0 Å². The second-order valence-corrected chi connectivity index (χ2v) is 19.1. The molecule has 0 bridgehead atoms. The summed E-state index contributed by atoms with van der Waals surface area (Å²) in [7, 11) is 0. The molecule has 1 aromatic carbocycles. The summed E-state index contributed by atoms with van der Waals surface area (Å²) in [6.07, 6.45) is 0. The fraction of sp³-hybridized carbons (Fsp3) is 0.333. The fourth-order valence-electron chi connectivity index (χ4n) is 1.07. The first-order valence-corrected chi connectivity index (χ1v) is 14.6. The maximum atomic E-state index is 6.07. The van der Waals surface area contributed by atoms with Crippen molar-refractivity contribution in [1.82, 2.24) is 0 Å². The standard InChI is InChI=1S/C6H3Cl2.3CH3.Sn/c7-5-1-2-6(8)4-3-5;;;;/h1-3H;3*1H3;. The Bertz CT molecular complexity index is 289. The molecule has 0 fully saturated rings. The van der Waals surface area contributed by atoms with Crippen molar-refractivity contribution in [2.45, 2.75) is 14.8 Å². The van der Waals surface area contributed by atoms with Gasteiger partial charge < -0.3 is 0 Å². The van der Waals surface area contributed by atoms with Crippen molar-refractivity contribution in [3.05, 3.63) is 28.2 Å². The predicted molar refractivity (Wildman–Crippen MR) is 59.4 cm³/mol. The van der Waals surface area contributed by atoms with E-state index in [9.17, 15) is 0 Å². The number of rotatable bonds is 1. The van der Waals surface area contributed by atoms with E-state index in [1.807, 2.05) is 18.2 Å². The first-order valence-electron chi connectivity index (χ1n) is 3.87. The zero-order chi connectivity index (χ0) is 9.35. The van der Waals surface area contributed by atoms with Crippen LogP contribution in [0.1, 0.15) is 0 Å². The van der Waals surface area contributed by atoms with Crippen molar-refractivity contribution in [2.75, 3.05) is 0 Å². The van der Waals surface area contributed by atoms with E-state index in [1.54, 1.807) is 0 Å². The molecule has 0 radical (unpaired) electrons. The molecule has 0 saturated heterocycles. The van der Waals surface area contributed by atoms with Gasteiger partial charge >= 0.3 is 88.2 Å². The molecule has 0 unspecified atom stereocenters. The third kappa shape index (κ3) is 2.54. The van der Waals surface area contributed by atoms with Crippen molar-refractivity contribution >= 4 is 45.2 Å². The van der Waals surface area contributed by atoms with Crippen LogP contribution in [-0.4, -0.2) is 18.4 Å². The number of benzene rings is 1. The molecule has 1 rings (SSSR count). The molecule has 0 N–H and O–H groups in total. The zero-order valence-corrected chi connectivity index (χ0v) is 11.9. The predicted octanol–water partition coefficient (Wildman–Crippen LogP) is 3.54. The van der Waals surface area contributed by atoms with E-state index in [-0.39, 0.29) is 0 Å². The van der Waals surface area contributed by atoms with Gasteiger partial charge in [-0.05, 0) is 0 Å². The number of halogens is 2. The number of hydrogen-bond donors (Lipinski definition) is 0. The molecule has 0 saturated carbocycles. The van der Waals surface area contributed by atoms with Crippen LogP contribution in [0.15, 0.2) is 18.2 Å². The summed E-state index contributed by atoms with van der Waals surface area (Å²) >= 11 is 9.94. The molecule has 0 heterocycles. The average Bonchev–Trinajstić information content (AvgIpc) is 1.92. The summed E-state index contributed by atoms with van der Waals surface area (Å²) in [5.74, 6) is 0. The third-order valence-corrected chi connectivity index (χ3v) is 8.55. The van der Waals surface area contributed by atoms with Gasteiger partial charge in [0.1, 0.15) is 0 Å². The van der Waals surface area contributed by atoms with Crippen LogP contribution in [0, 0.1) is 0 Å². The molecule has 1 aromatic rings. The second kappa shape index (κ2) is 3.77. The minimum absolute atomic E-state index is 0.793. The Kier molecular flexibility index (Phi) is 3.35. The van der Waals surface area contributed by atoms with E-state index in [4.69, 9.17) is 23.2 Å². The Labute approximate surface area is 87.8 Å². The molecule has 12 heavy (non-hydrogen) atoms. The molecule has 3 heteroatoms. The Balaban J connectivity index is 3.23. The summed E-state index contributed by atoms with van der Waals surface area (Å²) in [4.78, 5) is 6.98. The van der Waals surface area contributed by atoms with Crippen LogP contribution in [-0.2, 0) is 0 Å². The SMILES string of the molecule is [CH3][Sn]([CH3])([CH3])[c]1cc(Cl)ccc1Cl. The Morgan fingerprint density at radius 1 is 1.08 bits per heavy atom. The summed E-state index contributed by atoms with van der Waals surface area (Å²) in [6, 6.07) is 5.74. The average molecular weight is 310 g/mol. The monoisotopic (exact) mass is 310 g/mol. The Morgan fingerprint density at radius 2 is 1.67 bits per heavy atom. The van der Waals surface area contributed by atoms with Crippen LogP contribution in [0.5, 0.6) is 0 Å². The van der Waals surface area contributed by atoms with Crippen LogP contribution in [0.2, 0.25) is 24.9 Å². The molecule has 0 aliphatic carbocycles. The molecule has 0 aromatic heterocycles. The zero-order valence-electron chi connectivity index (χ0n) is 7.49. The molecular weight excluding hydrogens is 298 g/mol. The van der Waals surface area contributed by atoms with Gasteiger partial charge in [-0.1, -0.05) is 0 Å². The van der Waals surface area contributed by atoms with E-state index in [0.717, 1.165) is 10.0 Å². The molecular formula is C9H12Cl2Sn. The van der Waals surface area contributed by atoms with Crippen LogP contribution < -0.4 is 3.58 Å². The van der Waals surface area contributed by atoms with Gasteiger partial charge in [0.15, 0.2) is 0 Å². The van der Waals surface area contributed by atoms with E-state index in [2.05, 4.69) is 14.8 Å². The quantitative estimate of drug-likeness (QED) is 0.696. The van der Waals surface area contributed by atoms with Gasteiger partial charge in [0.05, 0.1) is 0 Å². The van der Waals surface area contributed by atoms with Crippen LogP contribution in [0.25, 0.3) is 0 Å². The van der Waals surface area contributed by atoms with Crippen molar-refractivity contribution in [3.8, 4) is 0 Å². The summed E-state index contributed by atoms with van der Waals surface area (Å²) < 4.78 is 1.30.